The molecule has 218 valence electrons. The van der Waals surface area contributed by atoms with Gasteiger partial charge in [-0.25, -0.2) is 0 Å². The van der Waals surface area contributed by atoms with Crippen molar-refractivity contribution >= 4 is 16.5 Å². The molecule has 5 nitrogen and oxygen atoms in total. The van der Waals surface area contributed by atoms with E-state index in [1.165, 1.54) is 10.8 Å². The fourth-order valence-electron chi connectivity index (χ4n) is 4.34. The molecule has 0 aliphatic carbocycles. The molecule has 0 saturated heterocycles. The van der Waals surface area contributed by atoms with E-state index < -0.39 is 0 Å². The number of hydrogen-bond acceptors (Lipinski definition) is 5. The second-order valence-electron chi connectivity index (χ2n) is 10.3. The van der Waals surface area contributed by atoms with Crippen LogP contribution in [-0.4, -0.2) is 37.8 Å². The molecular weight excluding hydrogens is 687 g/mol. The van der Waals surface area contributed by atoms with Crippen LogP contribution in [0.4, 0.5) is 5.69 Å². The van der Waals surface area contributed by atoms with E-state index in [0.29, 0.717) is 6.42 Å². The number of rotatable bonds is 7. The number of hydrogen-bond donors (Lipinski definition) is 2. The zero-order valence-electron chi connectivity index (χ0n) is 24.7. The molecule has 1 aliphatic heterocycles. The van der Waals surface area contributed by atoms with E-state index >= 15 is 0 Å². The molecule has 41 heavy (non-hydrogen) atoms. The van der Waals surface area contributed by atoms with E-state index in [1.807, 2.05) is 66.9 Å². The molecule has 5 rings (SSSR count). The smallest absolute Gasteiger partial charge is 0.503 e. The number of anilines is 1. The third-order valence-electron chi connectivity index (χ3n) is 7.07. The van der Waals surface area contributed by atoms with Crippen molar-refractivity contribution in [3.63, 3.8) is 0 Å². The Morgan fingerprint density at radius 3 is 2.05 bits per heavy atom. The molecule has 4 aromatic rings. The average molecular weight is 729 g/mol. The maximum absolute atomic E-state index is 8.56. The van der Waals surface area contributed by atoms with Gasteiger partial charge in [0.15, 0.2) is 0 Å². The first-order valence-electron chi connectivity index (χ1n) is 14.0. The second-order valence-corrected chi connectivity index (χ2v) is 10.3. The van der Waals surface area contributed by atoms with Gasteiger partial charge in [-0.2, -0.15) is 37.0 Å². The number of para-hydroxylation sites is 1. The summed E-state index contributed by atoms with van der Waals surface area (Å²) in [4.78, 5) is 8.86. The summed E-state index contributed by atoms with van der Waals surface area (Å²) in [6.45, 7) is 12.2. The van der Waals surface area contributed by atoms with E-state index in [4.69, 9.17) is 10.2 Å². The zero-order valence-corrected chi connectivity index (χ0v) is 27.1. The number of aliphatic hydroxyl groups is 2. The molecule has 0 fully saturated rings. The van der Waals surface area contributed by atoms with Crippen molar-refractivity contribution in [1.82, 2.24) is 9.88 Å². The van der Waals surface area contributed by atoms with Crippen molar-refractivity contribution in [3.05, 3.63) is 116 Å². The Balaban J connectivity index is 0.000000231. The van der Waals surface area contributed by atoms with E-state index in [9.17, 15) is 0 Å². The summed E-state index contributed by atoms with van der Waals surface area (Å²) in [6, 6.07) is 32.7. The molecule has 0 saturated carbocycles. The van der Waals surface area contributed by atoms with Crippen LogP contribution in [0.1, 0.15) is 53.9 Å². The van der Waals surface area contributed by atoms with Crippen LogP contribution in [0.2, 0.25) is 0 Å². The third-order valence-corrected chi connectivity index (χ3v) is 7.07. The first kappa shape index (κ1) is 34.2. The van der Waals surface area contributed by atoms with Crippen LogP contribution in [0.5, 0.6) is 0 Å². The Morgan fingerprint density at radius 1 is 0.854 bits per heavy atom. The number of fused-ring (bicyclic) bond motifs is 1. The van der Waals surface area contributed by atoms with Crippen molar-refractivity contribution in [2.75, 3.05) is 4.90 Å². The molecule has 3 aromatic carbocycles. The third kappa shape index (κ3) is 10.1. The SMILES string of the molecule is CC(O)CC(C)O.CCC(C)(CC)N1C=CN(c2[c-]cccc2)[CH-]1.[Ir+3].[c-]1ccccc1-c1nccc2ccccc12. The van der Waals surface area contributed by atoms with Crippen LogP contribution < -0.4 is 4.90 Å². The topological polar surface area (TPSA) is 59.8 Å². The number of aliphatic hydroxyl groups excluding tert-OH is 2. The Bertz CT molecular complexity index is 1300. The van der Waals surface area contributed by atoms with E-state index in [0.717, 1.165) is 29.8 Å². The summed E-state index contributed by atoms with van der Waals surface area (Å²) in [6.07, 6.45) is 8.08. The van der Waals surface area contributed by atoms with Gasteiger partial charge in [-0.1, -0.05) is 38.1 Å². The minimum Gasteiger partial charge on any atom is -0.503 e. The first-order valence-corrected chi connectivity index (χ1v) is 14.0. The van der Waals surface area contributed by atoms with E-state index in [-0.39, 0.29) is 37.9 Å². The van der Waals surface area contributed by atoms with Crippen LogP contribution >= 0.6 is 0 Å². The molecule has 0 bridgehead atoms. The molecule has 1 aromatic heterocycles. The summed E-state index contributed by atoms with van der Waals surface area (Å²) in [7, 11) is 0. The summed E-state index contributed by atoms with van der Waals surface area (Å²) in [5.41, 5.74) is 3.33. The van der Waals surface area contributed by atoms with Gasteiger partial charge < -0.3 is 25.0 Å². The van der Waals surface area contributed by atoms with Gasteiger partial charge in [-0.3, -0.25) is 0 Å². The summed E-state index contributed by atoms with van der Waals surface area (Å²) in [5, 5.41) is 19.5. The average Bonchev–Trinajstić information content (AvgIpc) is 3.49. The summed E-state index contributed by atoms with van der Waals surface area (Å²) < 4.78 is 0. The van der Waals surface area contributed by atoms with Gasteiger partial charge in [-0.05, 0) is 75.0 Å². The fourth-order valence-corrected chi connectivity index (χ4v) is 4.34. The minimum absolute atomic E-state index is 0. The van der Waals surface area contributed by atoms with Crippen molar-refractivity contribution in [2.45, 2.75) is 71.6 Å². The van der Waals surface area contributed by atoms with Crippen molar-refractivity contribution in [2.24, 2.45) is 0 Å². The maximum Gasteiger partial charge on any atom is 3.00 e. The van der Waals surface area contributed by atoms with Gasteiger partial charge in [-0.15, -0.1) is 41.6 Å². The maximum atomic E-state index is 8.56. The van der Waals surface area contributed by atoms with Crippen LogP contribution in [0.25, 0.3) is 22.0 Å². The Morgan fingerprint density at radius 2 is 1.49 bits per heavy atom. The zero-order chi connectivity index (χ0) is 29.0. The Labute approximate surface area is 259 Å². The summed E-state index contributed by atoms with van der Waals surface area (Å²) in [5.74, 6) is 0. The van der Waals surface area contributed by atoms with Crippen molar-refractivity contribution in [1.29, 1.82) is 0 Å². The number of pyridine rings is 1. The molecule has 0 radical (unpaired) electrons. The van der Waals surface area contributed by atoms with Gasteiger partial charge >= 0.3 is 20.1 Å². The standard InChI is InChI=1S/C15H20N2.C15H10N.C5H12O2.Ir/c1-4-15(3,5-2)17-12-11-16(13-17)14-9-7-6-8-10-14;1-2-7-13(8-3-1)15-14-9-5-4-6-12(14)10-11-16-15;1-4(6)3-5(2)7;/h6-9,11-13H,4-5H2,1-3H3;1-7,9-11H;4-7H,3H2,1-2H3;/q-2;-1;;+3. The molecule has 6 heteroatoms. The quantitative estimate of drug-likeness (QED) is 0.192. The van der Waals surface area contributed by atoms with Crippen molar-refractivity contribution < 1.29 is 30.3 Å². The van der Waals surface area contributed by atoms with Gasteiger partial charge in [0.25, 0.3) is 0 Å². The first-order chi connectivity index (χ1) is 19.3. The monoisotopic (exact) mass is 729 g/mol. The van der Waals surface area contributed by atoms with Gasteiger partial charge in [0.1, 0.15) is 0 Å². The van der Waals surface area contributed by atoms with Crippen LogP contribution in [0, 0.1) is 18.8 Å². The van der Waals surface area contributed by atoms with Crippen LogP contribution in [-0.2, 0) is 20.1 Å². The molecule has 2 N–H and O–H groups in total. The number of nitrogens with zero attached hydrogens (tertiary/aromatic N) is 3. The molecular formula is C35H42IrN3O2. The molecule has 0 spiro atoms. The van der Waals surface area contributed by atoms with Gasteiger partial charge in [0.05, 0.1) is 12.2 Å². The normalized spacial score (nSPS) is 13.8. The van der Waals surface area contributed by atoms with Gasteiger partial charge in [0, 0.05) is 11.7 Å². The predicted molar refractivity (Wildman–Crippen MR) is 166 cm³/mol. The van der Waals surface area contributed by atoms with Crippen LogP contribution in [0.3, 0.4) is 0 Å². The molecule has 0 amide bonds. The fraction of sp³-hybridized carbons (Fsp3) is 0.314. The van der Waals surface area contributed by atoms with E-state index in [1.54, 1.807) is 13.8 Å². The second kappa shape index (κ2) is 17.1. The minimum atomic E-state index is -0.375. The van der Waals surface area contributed by atoms with Crippen molar-refractivity contribution in [3.8, 4) is 11.3 Å². The summed E-state index contributed by atoms with van der Waals surface area (Å²) >= 11 is 0. The number of benzene rings is 3. The molecule has 2 atom stereocenters. The van der Waals surface area contributed by atoms with Gasteiger partial charge in [0.2, 0.25) is 0 Å². The Hall–Kier alpha value is -3.02. The molecule has 2 heterocycles. The molecule has 2 unspecified atom stereocenters. The molecule has 1 aliphatic rings. The van der Waals surface area contributed by atoms with E-state index in [2.05, 4.69) is 85.0 Å². The number of aromatic nitrogens is 1. The van der Waals surface area contributed by atoms with Crippen LogP contribution in [0.15, 0.2) is 97.5 Å². The largest absolute Gasteiger partial charge is 3.00 e. The Kier molecular flexibility index (Phi) is 14.2. The predicted octanol–water partition coefficient (Wildman–Crippen LogP) is 7.62.